The lowest BCUT2D eigenvalue weighted by atomic mass is 9.86. The van der Waals surface area contributed by atoms with E-state index in [4.69, 9.17) is 0 Å². The number of nitrogens with zero attached hydrogens (tertiary/aromatic N) is 3. The number of nitrogens with one attached hydrogen (secondary N) is 1. The molecule has 1 aromatic carbocycles. The van der Waals surface area contributed by atoms with Gasteiger partial charge in [-0.3, -0.25) is 0 Å². The Morgan fingerprint density at radius 1 is 1.17 bits per heavy atom. The summed E-state index contributed by atoms with van der Waals surface area (Å²) in [7, 11) is 0. The molecular formula is C23H27FN4S. The van der Waals surface area contributed by atoms with Crippen LogP contribution in [0.2, 0.25) is 0 Å². The van der Waals surface area contributed by atoms with Crippen molar-refractivity contribution in [2.45, 2.75) is 51.6 Å². The first kappa shape index (κ1) is 19.8. The van der Waals surface area contributed by atoms with E-state index in [0.29, 0.717) is 12.4 Å². The molecule has 1 aliphatic heterocycles. The molecule has 0 aliphatic carbocycles. The molecule has 152 valence electrons. The number of anilines is 2. The van der Waals surface area contributed by atoms with Gasteiger partial charge in [-0.2, -0.15) is 15.7 Å². The van der Waals surface area contributed by atoms with Crippen LogP contribution in [0.15, 0.2) is 47.4 Å². The van der Waals surface area contributed by atoms with Crippen molar-refractivity contribution in [1.29, 1.82) is 0 Å². The molecule has 2 aromatic heterocycles. The number of hydrogen-bond acceptors (Lipinski definition) is 5. The van der Waals surface area contributed by atoms with Gasteiger partial charge in [0.1, 0.15) is 6.33 Å². The summed E-state index contributed by atoms with van der Waals surface area (Å²) in [5.41, 5.74) is 3.75. The van der Waals surface area contributed by atoms with Crippen molar-refractivity contribution in [3.8, 4) is 0 Å². The molecule has 29 heavy (non-hydrogen) atoms. The van der Waals surface area contributed by atoms with Gasteiger partial charge in [0.05, 0.1) is 6.04 Å². The zero-order valence-electron chi connectivity index (χ0n) is 17.2. The van der Waals surface area contributed by atoms with E-state index >= 15 is 4.39 Å². The average Bonchev–Trinajstić information content (AvgIpc) is 3.39. The third-order valence-corrected chi connectivity index (χ3v) is 6.23. The molecule has 1 saturated heterocycles. The second kappa shape index (κ2) is 8.11. The minimum atomic E-state index is -0.374. The molecule has 4 rings (SSSR count). The molecule has 1 unspecified atom stereocenters. The molecule has 6 heteroatoms. The SMILES string of the molecule is CC(C)(C)c1ccc(C2CCCN2c2ncnc(NCc3ccsc3)c2F)cc1. The number of halogens is 1. The zero-order valence-corrected chi connectivity index (χ0v) is 18.0. The molecule has 0 spiro atoms. The van der Waals surface area contributed by atoms with Gasteiger partial charge in [-0.15, -0.1) is 0 Å². The van der Waals surface area contributed by atoms with Crippen molar-refractivity contribution >= 4 is 23.0 Å². The average molecular weight is 411 g/mol. The Morgan fingerprint density at radius 3 is 2.66 bits per heavy atom. The lowest BCUT2D eigenvalue weighted by molar-refractivity contribution is 0.587. The number of hydrogen-bond donors (Lipinski definition) is 1. The van der Waals surface area contributed by atoms with Crippen molar-refractivity contribution in [3.63, 3.8) is 0 Å². The summed E-state index contributed by atoms with van der Waals surface area (Å²) in [6, 6.07) is 10.9. The largest absolute Gasteiger partial charge is 0.363 e. The molecule has 0 bridgehead atoms. The first-order chi connectivity index (χ1) is 13.9. The first-order valence-electron chi connectivity index (χ1n) is 10.1. The highest BCUT2D eigenvalue weighted by Crippen LogP contribution is 2.38. The van der Waals surface area contributed by atoms with E-state index in [1.165, 1.54) is 17.5 Å². The van der Waals surface area contributed by atoms with E-state index in [9.17, 15) is 0 Å². The van der Waals surface area contributed by atoms with Gasteiger partial charge in [-0.1, -0.05) is 45.0 Å². The van der Waals surface area contributed by atoms with Gasteiger partial charge in [-0.25, -0.2) is 9.97 Å². The Labute approximate surface area is 175 Å². The summed E-state index contributed by atoms with van der Waals surface area (Å²) in [6.45, 7) is 7.98. The fraction of sp³-hybridized carbons (Fsp3) is 0.391. The molecule has 1 aliphatic rings. The number of thiophene rings is 1. The quantitative estimate of drug-likeness (QED) is 0.566. The molecular weight excluding hydrogens is 383 g/mol. The number of rotatable bonds is 5. The standard InChI is InChI=1S/C23H27FN4S/c1-23(2,3)18-8-6-17(7-9-18)19-5-4-11-28(19)22-20(24)21(26-15-27-22)25-13-16-10-12-29-14-16/h6-10,12,14-15,19H,4-5,11,13H2,1-3H3,(H,25,26,27). The summed E-state index contributed by atoms with van der Waals surface area (Å²) in [4.78, 5) is 10.5. The van der Waals surface area contributed by atoms with Crippen LogP contribution < -0.4 is 10.2 Å². The van der Waals surface area contributed by atoms with Crippen molar-refractivity contribution in [3.05, 3.63) is 69.9 Å². The van der Waals surface area contributed by atoms with Crippen molar-refractivity contribution in [2.75, 3.05) is 16.8 Å². The van der Waals surface area contributed by atoms with Gasteiger partial charge in [0.15, 0.2) is 11.6 Å². The van der Waals surface area contributed by atoms with E-state index in [-0.39, 0.29) is 23.1 Å². The van der Waals surface area contributed by atoms with E-state index in [0.717, 1.165) is 24.9 Å². The van der Waals surface area contributed by atoms with Crippen LogP contribution in [0.1, 0.15) is 56.3 Å². The van der Waals surface area contributed by atoms with E-state index < -0.39 is 0 Å². The fourth-order valence-corrected chi connectivity index (χ4v) is 4.50. The maximum atomic E-state index is 15.2. The normalized spacial score (nSPS) is 17.0. The zero-order chi connectivity index (χ0) is 20.4. The highest BCUT2D eigenvalue weighted by atomic mass is 32.1. The predicted octanol–water partition coefficient (Wildman–Crippen LogP) is 5.93. The fourth-order valence-electron chi connectivity index (χ4n) is 3.84. The number of benzene rings is 1. The van der Waals surface area contributed by atoms with Crippen molar-refractivity contribution < 1.29 is 4.39 Å². The lowest BCUT2D eigenvalue weighted by Crippen LogP contribution is -2.25. The van der Waals surface area contributed by atoms with Crippen LogP contribution in [0.25, 0.3) is 0 Å². The van der Waals surface area contributed by atoms with Gasteiger partial charge in [0, 0.05) is 13.1 Å². The topological polar surface area (TPSA) is 41.1 Å². The molecule has 4 nitrogen and oxygen atoms in total. The number of aromatic nitrogens is 2. The Balaban J connectivity index is 1.56. The van der Waals surface area contributed by atoms with Crippen LogP contribution >= 0.6 is 11.3 Å². The third kappa shape index (κ3) is 4.27. The van der Waals surface area contributed by atoms with Gasteiger partial charge in [-0.05, 0) is 51.8 Å². The summed E-state index contributed by atoms with van der Waals surface area (Å²) in [5.74, 6) is 0.270. The molecule has 3 heterocycles. The molecule has 0 radical (unpaired) electrons. The Morgan fingerprint density at radius 2 is 1.97 bits per heavy atom. The van der Waals surface area contributed by atoms with Crippen molar-refractivity contribution in [1.82, 2.24) is 9.97 Å². The van der Waals surface area contributed by atoms with Crippen LogP contribution in [0.4, 0.5) is 16.0 Å². The summed E-state index contributed by atoms with van der Waals surface area (Å²) in [6.07, 6.45) is 3.47. The summed E-state index contributed by atoms with van der Waals surface area (Å²) < 4.78 is 15.2. The second-order valence-corrected chi connectivity index (χ2v) is 9.35. The second-order valence-electron chi connectivity index (χ2n) is 8.57. The minimum absolute atomic E-state index is 0.121. The van der Waals surface area contributed by atoms with Crippen LogP contribution in [0.5, 0.6) is 0 Å². The highest BCUT2D eigenvalue weighted by Gasteiger charge is 2.30. The van der Waals surface area contributed by atoms with Crippen LogP contribution in [-0.2, 0) is 12.0 Å². The Hall–Kier alpha value is -2.47. The Bertz CT molecular complexity index is 948. The maximum absolute atomic E-state index is 15.2. The van der Waals surface area contributed by atoms with Gasteiger partial charge >= 0.3 is 0 Å². The first-order valence-corrected chi connectivity index (χ1v) is 11.0. The lowest BCUT2D eigenvalue weighted by Gasteiger charge is -2.27. The van der Waals surface area contributed by atoms with Crippen LogP contribution in [0.3, 0.4) is 0 Å². The van der Waals surface area contributed by atoms with Gasteiger partial charge < -0.3 is 10.2 Å². The summed E-state index contributed by atoms with van der Waals surface area (Å²) >= 11 is 1.63. The van der Waals surface area contributed by atoms with Crippen molar-refractivity contribution in [2.24, 2.45) is 0 Å². The Kier molecular flexibility index (Phi) is 5.54. The monoisotopic (exact) mass is 410 g/mol. The minimum Gasteiger partial charge on any atom is -0.363 e. The van der Waals surface area contributed by atoms with Crippen LogP contribution in [-0.4, -0.2) is 16.5 Å². The smallest absolute Gasteiger partial charge is 0.207 e. The molecule has 3 aromatic rings. The van der Waals surface area contributed by atoms with Gasteiger partial charge in [0.25, 0.3) is 0 Å². The highest BCUT2D eigenvalue weighted by molar-refractivity contribution is 7.07. The molecule has 0 amide bonds. The van der Waals surface area contributed by atoms with E-state index in [1.807, 2.05) is 16.8 Å². The maximum Gasteiger partial charge on any atom is 0.207 e. The van der Waals surface area contributed by atoms with Gasteiger partial charge in [0.2, 0.25) is 5.82 Å². The molecule has 1 atom stereocenters. The molecule has 0 saturated carbocycles. The van der Waals surface area contributed by atoms with E-state index in [1.54, 1.807) is 11.3 Å². The van der Waals surface area contributed by atoms with E-state index in [2.05, 4.69) is 65.2 Å². The summed E-state index contributed by atoms with van der Waals surface area (Å²) in [5, 5.41) is 7.17. The predicted molar refractivity (Wildman–Crippen MR) is 118 cm³/mol. The van der Waals surface area contributed by atoms with Crippen LogP contribution in [0, 0.1) is 5.82 Å². The third-order valence-electron chi connectivity index (χ3n) is 5.50. The molecule has 1 N–H and O–H groups in total. The molecule has 1 fully saturated rings.